The molecule has 1 N–H and O–H groups in total. The number of esters is 2. The Hall–Kier alpha value is -1.14. The highest BCUT2D eigenvalue weighted by Gasteiger charge is 2.14. The molecule has 0 fully saturated rings. The molecule has 0 unspecified atom stereocenters. The van der Waals surface area contributed by atoms with Crippen molar-refractivity contribution in [1.29, 1.82) is 0 Å². The number of rotatable bonds is 37. The third kappa shape index (κ3) is 32.8. The number of ether oxygens (including phenoxy) is 2. The molecule has 0 saturated heterocycles. The zero-order chi connectivity index (χ0) is 33.8. The molecule has 274 valence electrons. The smallest absolute Gasteiger partial charge is 0.306 e. The van der Waals surface area contributed by atoms with Gasteiger partial charge in [0.15, 0.2) is 0 Å². The van der Waals surface area contributed by atoms with Crippen molar-refractivity contribution >= 4 is 11.9 Å². The number of aliphatic hydroxyl groups is 1. The first kappa shape index (κ1) is 44.9. The van der Waals surface area contributed by atoms with Crippen molar-refractivity contribution in [3.8, 4) is 0 Å². The molecule has 0 aromatic carbocycles. The highest BCUT2D eigenvalue weighted by atomic mass is 16.5. The lowest BCUT2D eigenvalue weighted by Crippen LogP contribution is -2.29. The molecule has 0 bridgehead atoms. The molecule has 0 spiro atoms. The Morgan fingerprint density at radius 3 is 1.41 bits per heavy atom. The number of hydrogen-bond acceptors (Lipinski definition) is 6. The number of carbonyl (C=O) groups excluding carboxylic acids is 2. The van der Waals surface area contributed by atoms with Gasteiger partial charge in [0.05, 0.1) is 13.2 Å². The maximum atomic E-state index is 12.7. The summed E-state index contributed by atoms with van der Waals surface area (Å²) in [4.78, 5) is 26.9. The maximum Gasteiger partial charge on any atom is 0.306 e. The summed E-state index contributed by atoms with van der Waals surface area (Å²) in [5.74, 6) is -0.0497. The van der Waals surface area contributed by atoms with Crippen molar-refractivity contribution in [2.24, 2.45) is 0 Å². The number of aliphatic hydroxyl groups excluding tert-OH is 1. The highest BCUT2D eigenvalue weighted by molar-refractivity contribution is 5.69. The van der Waals surface area contributed by atoms with E-state index in [-0.39, 0.29) is 24.6 Å². The van der Waals surface area contributed by atoms with E-state index in [9.17, 15) is 14.7 Å². The average Bonchev–Trinajstić information content (AvgIpc) is 3.05. The van der Waals surface area contributed by atoms with Gasteiger partial charge in [-0.05, 0) is 70.9 Å². The van der Waals surface area contributed by atoms with Crippen LogP contribution < -0.4 is 0 Å². The molecule has 0 aliphatic carbocycles. The Kier molecular flexibility index (Phi) is 35.8. The molecule has 0 aromatic heterocycles. The minimum Gasteiger partial charge on any atom is -0.466 e. The van der Waals surface area contributed by atoms with Gasteiger partial charge in [0.25, 0.3) is 0 Å². The van der Waals surface area contributed by atoms with Crippen LogP contribution in [-0.4, -0.2) is 60.9 Å². The fourth-order valence-corrected chi connectivity index (χ4v) is 6.17. The largest absolute Gasteiger partial charge is 0.466 e. The van der Waals surface area contributed by atoms with Gasteiger partial charge in [0.1, 0.15) is 6.10 Å². The molecule has 0 atom stereocenters. The van der Waals surface area contributed by atoms with E-state index in [1.165, 1.54) is 96.3 Å². The van der Waals surface area contributed by atoms with Crippen LogP contribution in [0, 0.1) is 0 Å². The standard InChI is InChI=1S/C40H79NO5/c1-4-7-10-13-15-22-29-38(30-23-16-14-11-8-5-2)46-40(44)32-25-18-20-27-34-41(35-36-42)33-26-19-17-24-31-39(43)45-37-28-21-12-9-6-3/h38,42H,4-37H2,1-3H3. The van der Waals surface area contributed by atoms with Crippen LogP contribution in [0.3, 0.4) is 0 Å². The SMILES string of the molecule is CCCCCCCCC(CCCCCCCC)OC(=O)CCCCCCN(CCO)CCCCCCC(=O)OCCCCCCC. The lowest BCUT2D eigenvalue weighted by molar-refractivity contribution is -0.150. The highest BCUT2D eigenvalue weighted by Crippen LogP contribution is 2.18. The van der Waals surface area contributed by atoms with Gasteiger partial charge in [-0.25, -0.2) is 0 Å². The van der Waals surface area contributed by atoms with E-state index in [0.717, 1.165) is 96.7 Å². The molecule has 0 rings (SSSR count). The number of hydrogen-bond donors (Lipinski definition) is 1. The summed E-state index contributed by atoms with van der Waals surface area (Å²) in [6.07, 6.45) is 32.7. The summed E-state index contributed by atoms with van der Waals surface area (Å²) in [5.41, 5.74) is 0. The van der Waals surface area contributed by atoms with E-state index >= 15 is 0 Å². The molecule has 0 aromatic rings. The van der Waals surface area contributed by atoms with Crippen LogP contribution >= 0.6 is 0 Å². The molecule has 6 heteroatoms. The van der Waals surface area contributed by atoms with E-state index in [1.807, 2.05) is 0 Å². The van der Waals surface area contributed by atoms with Gasteiger partial charge in [-0.2, -0.15) is 0 Å². The molecule has 0 amide bonds. The van der Waals surface area contributed by atoms with Crippen molar-refractivity contribution in [3.63, 3.8) is 0 Å². The fraction of sp³-hybridized carbons (Fsp3) is 0.950. The summed E-state index contributed by atoms with van der Waals surface area (Å²) >= 11 is 0. The Balaban J connectivity index is 4.04. The van der Waals surface area contributed by atoms with E-state index in [0.29, 0.717) is 19.4 Å². The maximum absolute atomic E-state index is 12.7. The molecule has 0 radical (unpaired) electrons. The Morgan fingerprint density at radius 2 is 0.913 bits per heavy atom. The molecule has 0 aliphatic heterocycles. The van der Waals surface area contributed by atoms with Gasteiger partial charge in [-0.1, -0.05) is 136 Å². The van der Waals surface area contributed by atoms with Crippen LogP contribution in [0.2, 0.25) is 0 Å². The predicted octanol–water partition coefficient (Wildman–Crippen LogP) is 11.1. The monoisotopic (exact) mass is 654 g/mol. The first-order valence-electron chi connectivity index (χ1n) is 20.3. The van der Waals surface area contributed by atoms with E-state index in [1.54, 1.807) is 0 Å². The van der Waals surface area contributed by atoms with Crippen LogP contribution in [0.15, 0.2) is 0 Å². The van der Waals surface area contributed by atoms with Gasteiger partial charge < -0.3 is 19.5 Å². The molecule has 6 nitrogen and oxygen atoms in total. The van der Waals surface area contributed by atoms with Crippen LogP contribution in [0.25, 0.3) is 0 Å². The third-order valence-electron chi connectivity index (χ3n) is 9.20. The lowest BCUT2D eigenvalue weighted by Gasteiger charge is -2.21. The van der Waals surface area contributed by atoms with Crippen molar-refractivity contribution in [2.75, 3.05) is 32.8 Å². The van der Waals surface area contributed by atoms with E-state index in [4.69, 9.17) is 9.47 Å². The Labute approximate surface area is 286 Å². The van der Waals surface area contributed by atoms with E-state index in [2.05, 4.69) is 25.7 Å². The lowest BCUT2D eigenvalue weighted by atomic mass is 10.0. The summed E-state index contributed by atoms with van der Waals surface area (Å²) in [6, 6.07) is 0. The first-order valence-corrected chi connectivity index (χ1v) is 20.3. The van der Waals surface area contributed by atoms with Gasteiger partial charge in [0, 0.05) is 19.4 Å². The molecular formula is C40H79NO5. The van der Waals surface area contributed by atoms with E-state index < -0.39 is 0 Å². The minimum atomic E-state index is -0.0492. The minimum absolute atomic E-state index is 0.000422. The molecule has 0 heterocycles. The predicted molar refractivity (Wildman–Crippen MR) is 195 cm³/mol. The molecular weight excluding hydrogens is 574 g/mol. The third-order valence-corrected chi connectivity index (χ3v) is 9.20. The second-order valence-corrected chi connectivity index (χ2v) is 13.8. The second kappa shape index (κ2) is 36.7. The summed E-state index contributed by atoms with van der Waals surface area (Å²) in [5, 5.41) is 9.50. The average molecular weight is 654 g/mol. The summed E-state index contributed by atoms with van der Waals surface area (Å²) in [7, 11) is 0. The van der Waals surface area contributed by atoms with Crippen LogP contribution in [0.5, 0.6) is 0 Å². The van der Waals surface area contributed by atoms with Crippen molar-refractivity contribution < 1.29 is 24.2 Å². The van der Waals surface area contributed by atoms with Crippen LogP contribution in [-0.2, 0) is 19.1 Å². The van der Waals surface area contributed by atoms with Crippen molar-refractivity contribution in [1.82, 2.24) is 4.90 Å². The Bertz CT molecular complexity index is 627. The van der Waals surface area contributed by atoms with Crippen LogP contribution in [0.1, 0.15) is 207 Å². The van der Waals surface area contributed by atoms with Gasteiger partial charge in [-0.3, -0.25) is 9.59 Å². The topological polar surface area (TPSA) is 76.1 Å². The van der Waals surface area contributed by atoms with Gasteiger partial charge in [-0.15, -0.1) is 0 Å². The zero-order valence-electron chi connectivity index (χ0n) is 31.1. The fourth-order valence-electron chi connectivity index (χ4n) is 6.17. The van der Waals surface area contributed by atoms with Crippen LogP contribution in [0.4, 0.5) is 0 Å². The first-order chi connectivity index (χ1) is 22.6. The second-order valence-electron chi connectivity index (χ2n) is 13.8. The molecule has 0 saturated carbocycles. The number of nitrogens with zero attached hydrogens (tertiary/aromatic N) is 1. The summed E-state index contributed by atoms with van der Waals surface area (Å²) in [6.45, 7) is 10.2. The number of carbonyl (C=O) groups is 2. The van der Waals surface area contributed by atoms with Crippen molar-refractivity contribution in [2.45, 2.75) is 213 Å². The van der Waals surface area contributed by atoms with Crippen molar-refractivity contribution in [3.05, 3.63) is 0 Å². The summed E-state index contributed by atoms with van der Waals surface area (Å²) < 4.78 is 11.4. The van der Waals surface area contributed by atoms with Gasteiger partial charge >= 0.3 is 11.9 Å². The number of unbranched alkanes of at least 4 members (excludes halogenated alkanes) is 20. The quantitative estimate of drug-likeness (QED) is 0.0531. The normalized spacial score (nSPS) is 11.5. The zero-order valence-corrected chi connectivity index (χ0v) is 31.1. The van der Waals surface area contributed by atoms with Gasteiger partial charge in [0.2, 0.25) is 0 Å². The Morgan fingerprint density at radius 1 is 0.500 bits per heavy atom. The molecule has 46 heavy (non-hydrogen) atoms. The molecule has 0 aliphatic rings.